The van der Waals surface area contributed by atoms with Gasteiger partial charge < -0.3 is 14.6 Å². The number of carbonyl (C=O) groups is 1. The zero-order valence-electron chi connectivity index (χ0n) is 11.7. The van der Waals surface area contributed by atoms with Crippen molar-refractivity contribution in [1.82, 2.24) is 25.7 Å². The third-order valence-electron chi connectivity index (χ3n) is 4.45. The van der Waals surface area contributed by atoms with Crippen molar-refractivity contribution < 1.29 is 14.1 Å². The Hall–Kier alpha value is -1.51. The molecular formula is C13H19N5O3. The molecule has 114 valence electrons. The molecule has 21 heavy (non-hydrogen) atoms. The normalized spacial score (nSPS) is 33.7. The first-order valence-corrected chi connectivity index (χ1v) is 7.49. The summed E-state index contributed by atoms with van der Waals surface area (Å²) in [6, 6.07) is 0.440. The van der Waals surface area contributed by atoms with E-state index in [2.05, 4.69) is 25.7 Å². The van der Waals surface area contributed by atoms with Gasteiger partial charge in [0.25, 0.3) is 0 Å². The molecule has 3 aliphatic heterocycles. The highest BCUT2D eigenvalue weighted by molar-refractivity contribution is 5.78. The monoisotopic (exact) mass is 293 g/mol. The van der Waals surface area contributed by atoms with Crippen molar-refractivity contribution >= 4 is 5.91 Å². The predicted molar refractivity (Wildman–Crippen MR) is 71.3 cm³/mol. The van der Waals surface area contributed by atoms with Crippen LogP contribution >= 0.6 is 0 Å². The van der Waals surface area contributed by atoms with Crippen LogP contribution < -0.4 is 10.6 Å². The van der Waals surface area contributed by atoms with Gasteiger partial charge in [-0.25, -0.2) is 0 Å². The van der Waals surface area contributed by atoms with Gasteiger partial charge >= 0.3 is 0 Å². The molecule has 0 aromatic carbocycles. The zero-order valence-corrected chi connectivity index (χ0v) is 11.7. The number of nitrogens with zero attached hydrogens (tertiary/aromatic N) is 3. The van der Waals surface area contributed by atoms with Crippen LogP contribution in [0.1, 0.15) is 36.7 Å². The molecule has 2 N–H and O–H groups in total. The van der Waals surface area contributed by atoms with Gasteiger partial charge in [0.2, 0.25) is 17.6 Å². The largest absolute Gasteiger partial charge is 0.367 e. The van der Waals surface area contributed by atoms with Crippen molar-refractivity contribution in [3.63, 3.8) is 0 Å². The second-order valence-electron chi connectivity index (χ2n) is 5.84. The van der Waals surface area contributed by atoms with Crippen molar-refractivity contribution in [2.24, 2.45) is 0 Å². The fraction of sp³-hybridized carbons (Fsp3) is 0.769. The summed E-state index contributed by atoms with van der Waals surface area (Å²) in [6.07, 6.45) is 2.34. The maximum Gasteiger partial charge on any atom is 0.245 e. The number of morpholine rings is 1. The lowest BCUT2D eigenvalue weighted by Gasteiger charge is -2.33. The van der Waals surface area contributed by atoms with Crippen LogP contribution in [0.15, 0.2) is 4.52 Å². The lowest BCUT2D eigenvalue weighted by Crippen LogP contribution is -2.47. The average molecular weight is 293 g/mol. The second kappa shape index (κ2) is 5.36. The van der Waals surface area contributed by atoms with E-state index in [0.717, 1.165) is 19.7 Å². The number of amides is 1. The highest BCUT2D eigenvalue weighted by Crippen LogP contribution is 2.29. The van der Waals surface area contributed by atoms with Crippen molar-refractivity contribution in [1.29, 1.82) is 0 Å². The quantitative estimate of drug-likeness (QED) is 0.749. The number of fused-ring (bicyclic) bond motifs is 1. The van der Waals surface area contributed by atoms with E-state index in [1.54, 1.807) is 0 Å². The molecule has 3 saturated heterocycles. The summed E-state index contributed by atoms with van der Waals surface area (Å²) < 4.78 is 11.2. The molecule has 4 rings (SSSR count). The number of hydrogen-bond donors (Lipinski definition) is 2. The Balaban J connectivity index is 1.43. The standard InChI is InChI=1S/C13H19N5O3/c19-11-5-14-9(4-15-11)13-16-12(17-21-13)10-6-18-3-1-2-8(18)7-20-10/h8-10,14H,1-7H2,(H,15,19). The van der Waals surface area contributed by atoms with Gasteiger partial charge in [-0.2, -0.15) is 4.98 Å². The fourth-order valence-electron chi connectivity index (χ4n) is 3.23. The van der Waals surface area contributed by atoms with Crippen LogP contribution in [0.3, 0.4) is 0 Å². The number of piperazine rings is 1. The topological polar surface area (TPSA) is 92.5 Å². The summed E-state index contributed by atoms with van der Waals surface area (Å²) >= 11 is 0. The highest BCUT2D eigenvalue weighted by Gasteiger charge is 2.35. The first kappa shape index (κ1) is 13.2. The van der Waals surface area contributed by atoms with Gasteiger partial charge in [-0.1, -0.05) is 5.16 Å². The van der Waals surface area contributed by atoms with Crippen LogP contribution in [0, 0.1) is 0 Å². The minimum atomic E-state index is -0.118. The number of nitrogens with one attached hydrogen (secondary N) is 2. The predicted octanol–water partition coefficient (Wildman–Crippen LogP) is -0.634. The van der Waals surface area contributed by atoms with Crippen molar-refractivity contribution in [3.8, 4) is 0 Å². The SMILES string of the molecule is O=C1CNC(c2nc(C3CN4CCCC4CO3)no2)CN1. The first-order chi connectivity index (χ1) is 10.3. The van der Waals surface area contributed by atoms with E-state index < -0.39 is 0 Å². The molecule has 3 unspecified atom stereocenters. The van der Waals surface area contributed by atoms with Crippen LogP contribution in [0.25, 0.3) is 0 Å². The lowest BCUT2D eigenvalue weighted by molar-refractivity contribution is -0.121. The summed E-state index contributed by atoms with van der Waals surface area (Å²) in [5.41, 5.74) is 0. The Bertz CT molecular complexity index is 524. The van der Waals surface area contributed by atoms with Crippen LogP contribution in [0.4, 0.5) is 0 Å². The number of ether oxygens (including phenoxy) is 1. The van der Waals surface area contributed by atoms with E-state index >= 15 is 0 Å². The van der Waals surface area contributed by atoms with Crippen LogP contribution in [0.2, 0.25) is 0 Å². The summed E-state index contributed by atoms with van der Waals surface area (Å²) in [4.78, 5) is 18.0. The summed E-state index contributed by atoms with van der Waals surface area (Å²) in [7, 11) is 0. The molecule has 0 radical (unpaired) electrons. The molecule has 3 atom stereocenters. The van der Waals surface area contributed by atoms with Crippen molar-refractivity contribution in [2.45, 2.75) is 31.0 Å². The molecule has 0 aliphatic carbocycles. The van der Waals surface area contributed by atoms with Crippen molar-refractivity contribution in [2.75, 3.05) is 32.8 Å². The molecule has 1 aromatic rings. The molecule has 3 aliphatic rings. The van der Waals surface area contributed by atoms with Crippen molar-refractivity contribution in [3.05, 3.63) is 11.7 Å². The van der Waals surface area contributed by atoms with E-state index in [1.807, 2.05) is 0 Å². The smallest absolute Gasteiger partial charge is 0.245 e. The molecule has 0 saturated carbocycles. The minimum Gasteiger partial charge on any atom is -0.367 e. The molecular weight excluding hydrogens is 274 g/mol. The molecule has 4 heterocycles. The number of aromatic nitrogens is 2. The minimum absolute atomic E-state index is 0.0123. The molecule has 8 heteroatoms. The first-order valence-electron chi connectivity index (χ1n) is 7.49. The van der Waals surface area contributed by atoms with E-state index in [-0.39, 0.29) is 24.6 Å². The van der Waals surface area contributed by atoms with Gasteiger partial charge in [-0.15, -0.1) is 0 Å². The molecule has 8 nitrogen and oxygen atoms in total. The Morgan fingerprint density at radius 3 is 3.19 bits per heavy atom. The van der Waals surface area contributed by atoms with Gasteiger partial charge in [0.05, 0.1) is 13.2 Å². The Labute approximate surface area is 122 Å². The van der Waals surface area contributed by atoms with Crippen LogP contribution in [0.5, 0.6) is 0 Å². The summed E-state index contributed by atoms with van der Waals surface area (Å²) in [5, 5.41) is 9.92. The Kier molecular flexibility index (Phi) is 3.36. The molecule has 1 aromatic heterocycles. The number of hydrogen-bond acceptors (Lipinski definition) is 7. The Morgan fingerprint density at radius 2 is 2.33 bits per heavy atom. The third-order valence-corrected chi connectivity index (χ3v) is 4.45. The second-order valence-corrected chi connectivity index (χ2v) is 5.84. The van der Waals surface area contributed by atoms with Gasteiger partial charge in [-0.05, 0) is 19.4 Å². The van der Waals surface area contributed by atoms with Gasteiger partial charge in [0, 0.05) is 19.1 Å². The average Bonchev–Trinajstić information content (AvgIpc) is 3.16. The number of carbonyl (C=O) groups excluding carboxylic acids is 1. The molecule has 0 spiro atoms. The highest BCUT2D eigenvalue weighted by atomic mass is 16.5. The summed E-state index contributed by atoms with van der Waals surface area (Å²) in [5.74, 6) is 1.10. The molecule has 1 amide bonds. The molecule has 0 bridgehead atoms. The third kappa shape index (κ3) is 2.54. The van der Waals surface area contributed by atoms with Gasteiger partial charge in [0.15, 0.2) is 0 Å². The van der Waals surface area contributed by atoms with Crippen LogP contribution in [-0.4, -0.2) is 59.8 Å². The van der Waals surface area contributed by atoms with E-state index in [1.165, 1.54) is 12.8 Å². The maximum absolute atomic E-state index is 11.1. The zero-order chi connectivity index (χ0) is 14.2. The maximum atomic E-state index is 11.1. The molecule has 3 fully saturated rings. The lowest BCUT2D eigenvalue weighted by atomic mass is 10.2. The van der Waals surface area contributed by atoms with Crippen LogP contribution in [-0.2, 0) is 9.53 Å². The van der Waals surface area contributed by atoms with E-state index in [9.17, 15) is 4.79 Å². The van der Waals surface area contributed by atoms with Gasteiger partial charge in [-0.3, -0.25) is 15.0 Å². The van der Waals surface area contributed by atoms with E-state index in [0.29, 0.717) is 24.3 Å². The van der Waals surface area contributed by atoms with Gasteiger partial charge in [0.1, 0.15) is 12.1 Å². The summed E-state index contributed by atoms with van der Waals surface area (Å²) in [6.45, 7) is 3.45. The fourth-order valence-corrected chi connectivity index (χ4v) is 3.23. The Morgan fingerprint density at radius 1 is 1.38 bits per heavy atom. The van der Waals surface area contributed by atoms with E-state index in [4.69, 9.17) is 9.26 Å². The number of rotatable bonds is 2.